The molecule has 3 rings (SSSR count). The summed E-state index contributed by atoms with van der Waals surface area (Å²) in [5.41, 5.74) is 2.34. The molecule has 1 radical (unpaired) electrons. The molecule has 1 atom stereocenters. The number of hydrogen-bond acceptors (Lipinski definition) is 2. The molecule has 1 amide bonds. The second-order valence-corrected chi connectivity index (χ2v) is 5.20. The van der Waals surface area contributed by atoms with E-state index in [0.29, 0.717) is 12.5 Å². The van der Waals surface area contributed by atoms with Gasteiger partial charge in [-0.05, 0) is 43.5 Å². The monoisotopic (exact) mass is 243 g/mol. The Morgan fingerprint density at radius 1 is 1.50 bits per heavy atom. The topological polar surface area (TPSA) is 32.3 Å². The lowest BCUT2D eigenvalue weighted by molar-refractivity contribution is -0.119. The number of rotatable bonds is 2. The van der Waals surface area contributed by atoms with Gasteiger partial charge >= 0.3 is 0 Å². The molecular weight excluding hydrogens is 224 g/mol. The number of piperidine rings is 1. The fraction of sp³-hybridized carbons (Fsp3) is 0.533. The molecule has 0 bridgehead atoms. The maximum atomic E-state index is 12.3. The minimum atomic E-state index is 0.257. The van der Waals surface area contributed by atoms with Crippen molar-refractivity contribution < 1.29 is 4.79 Å². The number of benzene rings is 1. The Balaban J connectivity index is 1.67. The number of hydrogen-bond donors (Lipinski definition) is 1. The summed E-state index contributed by atoms with van der Waals surface area (Å²) in [6, 6.07) is 9.39. The van der Waals surface area contributed by atoms with E-state index >= 15 is 0 Å². The van der Waals surface area contributed by atoms with E-state index in [1.54, 1.807) is 0 Å². The van der Waals surface area contributed by atoms with Crippen molar-refractivity contribution in [1.29, 1.82) is 0 Å². The van der Waals surface area contributed by atoms with Crippen LogP contribution in [-0.4, -0.2) is 25.0 Å². The Bertz CT molecular complexity index is 438. The smallest absolute Gasteiger partial charge is 0.228 e. The Morgan fingerprint density at radius 3 is 3.28 bits per heavy atom. The van der Waals surface area contributed by atoms with Crippen LogP contribution in [0.1, 0.15) is 31.2 Å². The summed E-state index contributed by atoms with van der Waals surface area (Å²) >= 11 is 0. The molecule has 2 aliphatic heterocycles. The third-order valence-electron chi connectivity index (χ3n) is 3.96. The van der Waals surface area contributed by atoms with Crippen LogP contribution in [0, 0.1) is 6.07 Å². The highest BCUT2D eigenvalue weighted by Crippen LogP contribution is 2.28. The number of anilines is 1. The first kappa shape index (κ1) is 11.7. The van der Waals surface area contributed by atoms with Gasteiger partial charge < -0.3 is 10.2 Å². The van der Waals surface area contributed by atoms with E-state index in [2.05, 4.69) is 17.4 Å². The summed E-state index contributed by atoms with van der Waals surface area (Å²) in [5.74, 6) is 0.257. The van der Waals surface area contributed by atoms with Crippen LogP contribution in [0.15, 0.2) is 18.2 Å². The highest BCUT2D eigenvalue weighted by Gasteiger charge is 2.26. The Kier molecular flexibility index (Phi) is 3.33. The molecule has 1 N–H and O–H groups in total. The van der Waals surface area contributed by atoms with Gasteiger partial charge in [0.2, 0.25) is 5.91 Å². The predicted molar refractivity (Wildman–Crippen MR) is 71.6 cm³/mol. The summed E-state index contributed by atoms with van der Waals surface area (Å²) in [5, 5.41) is 3.44. The fourth-order valence-corrected chi connectivity index (χ4v) is 2.95. The molecule has 0 saturated carbocycles. The van der Waals surface area contributed by atoms with Gasteiger partial charge in [0.15, 0.2) is 0 Å². The number of fused-ring (bicyclic) bond motifs is 1. The highest BCUT2D eigenvalue weighted by molar-refractivity contribution is 5.95. The van der Waals surface area contributed by atoms with Gasteiger partial charge in [-0.1, -0.05) is 18.6 Å². The van der Waals surface area contributed by atoms with Gasteiger partial charge in [0.05, 0.1) is 0 Å². The van der Waals surface area contributed by atoms with E-state index in [1.807, 2.05) is 17.0 Å². The Hall–Kier alpha value is -1.35. The van der Waals surface area contributed by atoms with Crippen molar-refractivity contribution in [1.82, 2.24) is 5.32 Å². The summed E-state index contributed by atoms with van der Waals surface area (Å²) < 4.78 is 0. The maximum Gasteiger partial charge on any atom is 0.228 e. The zero-order valence-electron chi connectivity index (χ0n) is 10.6. The van der Waals surface area contributed by atoms with Crippen molar-refractivity contribution in [2.24, 2.45) is 0 Å². The van der Waals surface area contributed by atoms with Crippen molar-refractivity contribution >= 4 is 11.6 Å². The summed E-state index contributed by atoms with van der Waals surface area (Å²) in [4.78, 5) is 14.3. The quantitative estimate of drug-likeness (QED) is 0.860. The van der Waals surface area contributed by atoms with Crippen LogP contribution < -0.4 is 10.2 Å². The average Bonchev–Trinajstić information content (AvgIpc) is 2.84. The third-order valence-corrected chi connectivity index (χ3v) is 3.96. The van der Waals surface area contributed by atoms with E-state index in [1.165, 1.54) is 18.4 Å². The third kappa shape index (κ3) is 2.27. The second-order valence-electron chi connectivity index (χ2n) is 5.20. The summed E-state index contributed by atoms with van der Waals surface area (Å²) in [7, 11) is 0. The summed E-state index contributed by atoms with van der Waals surface area (Å²) in [6.07, 6.45) is 5.23. The lowest BCUT2D eigenvalue weighted by Crippen LogP contribution is -2.40. The van der Waals surface area contributed by atoms with E-state index in [-0.39, 0.29) is 5.91 Å². The molecule has 18 heavy (non-hydrogen) atoms. The predicted octanol–water partition coefficient (Wildman–Crippen LogP) is 1.91. The molecule has 0 aliphatic carbocycles. The first-order valence-electron chi connectivity index (χ1n) is 6.87. The summed E-state index contributed by atoms with van der Waals surface area (Å²) in [6.45, 7) is 1.89. The van der Waals surface area contributed by atoms with Gasteiger partial charge in [-0.2, -0.15) is 0 Å². The van der Waals surface area contributed by atoms with Crippen molar-refractivity contribution in [3.05, 3.63) is 29.8 Å². The molecule has 1 aromatic carbocycles. The van der Waals surface area contributed by atoms with Gasteiger partial charge in [0.25, 0.3) is 0 Å². The average molecular weight is 243 g/mol. The molecular formula is C15H19N2O. The van der Waals surface area contributed by atoms with Crippen molar-refractivity contribution in [3.8, 4) is 0 Å². The zero-order valence-corrected chi connectivity index (χ0v) is 10.6. The standard InChI is InChI=1S/C15H19N2O/c18-15(11-13-6-3-4-9-16-13)17-10-8-12-5-1-2-7-14(12)17/h1,5,7,13,16H,3-4,6,8-11H2. The minimum Gasteiger partial charge on any atom is -0.313 e. The van der Waals surface area contributed by atoms with Crippen LogP contribution in [0.2, 0.25) is 0 Å². The lowest BCUT2D eigenvalue weighted by atomic mass is 10.0. The molecule has 3 heteroatoms. The van der Waals surface area contributed by atoms with Crippen molar-refractivity contribution in [3.63, 3.8) is 0 Å². The molecule has 1 unspecified atom stereocenters. The largest absolute Gasteiger partial charge is 0.313 e. The first-order chi connectivity index (χ1) is 8.84. The van der Waals surface area contributed by atoms with Gasteiger partial charge in [0, 0.05) is 24.7 Å². The van der Waals surface area contributed by atoms with Crippen LogP contribution >= 0.6 is 0 Å². The normalized spacial score (nSPS) is 22.9. The van der Waals surface area contributed by atoms with Crippen LogP contribution in [0.5, 0.6) is 0 Å². The maximum absolute atomic E-state index is 12.3. The van der Waals surface area contributed by atoms with Gasteiger partial charge in [-0.3, -0.25) is 4.79 Å². The molecule has 1 saturated heterocycles. The van der Waals surface area contributed by atoms with Crippen molar-refractivity contribution in [2.45, 2.75) is 38.1 Å². The van der Waals surface area contributed by atoms with Crippen LogP contribution in [0.3, 0.4) is 0 Å². The van der Waals surface area contributed by atoms with Gasteiger partial charge in [-0.25, -0.2) is 0 Å². The molecule has 0 spiro atoms. The second kappa shape index (κ2) is 5.11. The van der Waals surface area contributed by atoms with E-state index in [0.717, 1.165) is 31.6 Å². The van der Waals surface area contributed by atoms with Crippen LogP contribution in [-0.2, 0) is 11.2 Å². The lowest BCUT2D eigenvalue weighted by Gasteiger charge is -2.25. The Labute approximate surface area is 108 Å². The SMILES string of the molecule is O=C(CC1CCCCN1)N1CCc2cc[c]cc21. The molecule has 2 aliphatic rings. The van der Waals surface area contributed by atoms with E-state index < -0.39 is 0 Å². The highest BCUT2D eigenvalue weighted by atomic mass is 16.2. The molecule has 0 aromatic heterocycles. The van der Waals surface area contributed by atoms with Gasteiger partial charge in [-0.15, -0.1) is 0 Å². The number of carbonyl (C=O) groups excluding carboxylic acids is 1. The van der Waals surface area contributed by atoms with Crippen LogP contribution in [0.25, 0.3) is 0 Å². The fourth-order valence-electron chi connectivity index (χ4n) is 2.95. The number of carbonyl (C=O) groups is 1. The number of nitrogens with one attached hydrogen (secondary N) is 1. The number of nitrogens with zero attached hydrogens (tertiary/aromatic N) is 1. The molecule has 2 heterocycles. The Morgan fingerprint density at radius 2 is 2.44 bits per heavy atom. The number of amides is 1. The molecule has 3 nitrogen and oxygen atoms in total. The molecule has 95 valence electrons. The minimum absolute atomic E-state index is 0.257. The van der Waals surface area contributed by atoms with E-state index in [4.69, 9.17) is 0 Å². The zero-order chi connectivity index (χ0) is 12.4. The first-order valence-corrected chi connectivity index (χ1v) is 6.87. The van der Waals surface area contributed by atoms with Crippen molar-refractivity contribution in [2.75, 3.05) is 18.0 Å². The molecule has 1 fully saturated rings. The van der Waals surface area contributed by atoms with Gasteiger partial charge in [0.1, 0.15) is 0 Å². The van der Waals surface area contributed by atoms with Crippen LogP contribution in [0.4, 0.5) is 5.69 Å². The van der Waals surface area contributed by atoms with E-state index in [9.17, 15) is 4.79 Å². The molecule has 1 aromatic rings.